The van der Waals surface area contributed by atoms with Crippen LogP contribution in [0.2, 0.25) is 0 Å². The van der Waals surface area contributed by atoms with E-state index in [-0.39, 0.29) is 23.3 Å². The van der Waals surface area contributed by atoms with E-state index in [1.54, 1.807) is 6.07 Å². The number of halogens is 3. The van der Waals surface area contributed by atoms with Crippen LogP contribution in [0.25, 0.3) is 27.7 Å². The van der Waals surface area contributed by atoms with E-state index in [0.29, 0.717) is 16.5 Å². The van der Waals surface area contributed by atoms with Gasteiger partial charge in [-0.2, -0.15) is 18.3 Å². The number of aromatic nitrogens is 4. The zero-order valence-electron chi connectivity index (χ0n) is 17.1. The lowest BCUT2D eigenvalue weighted by atomic mass is 10.1. The summed E-state index contributed by atoms with van der Waals surface area (Å²) >= 11 is 0. The van der Waals surface area contributed by atoms with Crippen molar-refractivity contribution in [1.82, 2.24) is 19.3 Å². The molecule has 0 aliphatic heterocycles. The minimum Gasteiger partial charge on any atom is -0.423 e. The highest BCUT2D eigenvalue weighted by molar-refractivity contribution is 5.81. The second kappa shape index (κ2) is 7.44. The fourth-order valence-corrected chi connectivity index (χ4v) is 3.72. The minimum atomic E-state index is -4.51. The van der Waals surface area contributed by atoms with E-state index in [9.17, 15) is 22.8 Å². The maximum Gasteiger partial charge on any atom is 0.416 e. The predicted molar refractivity (Wildman–Crippen MR) is 114 cm³/mol. The van der Waals surface area contributed by atoms with Gasteiger partial charge in [0, 0.05) is 11.5 Å². The molecule has 0 radical (unpaired) electrons. The number of nitrogens with zero attached hydrogens (tertiary/aromatic N) is 4. The molecule has 2 aromatic carbocycles. The fraction of sp³-hybridized carbons (Fsp3) is 0.130. The number of alkyl halides is 3. The lowest BCUT2D eigenvalue weighted by Gasteiger charge is -2.10. The van der Waals surface area contributed by atoms with Crippen molar-refractivity contribution < 1.29 is 17.6 Å². The molecular formula is C23H15F3N4O3. The monoisotopic (exact) mass is 452 g/mol. The summed E-state index contributed by atoms with van der Waals surface area (Å²) in [4.78, 5) is 29.3. The standard InChI is InChI=1S/C23H15F3N4O3/c1-13-5-6-17-14(8-20(31)33-19(17)7-13)11-29-12-27-21-18(22(29)32)10-28-30(21)16-4-2-3-15(9-16)23(24,25)26/h2-10,12H,11H2,1H3. The second-order valence-electron chi connectivity index (χ2n) is 7.61. The predicted octanol–water partition coefficient (Wildman–Crippen LogP) is 4.06. The van der Waals surface area contributed by atoms with E-state index in [1.807, 2.05) is 19.1 Å². The van der Waals surface area contributed by atoms with Gasteiger partial charge in [-0.05, 0) is 42.3 Å². The molecule has 0 saturated carbocycles. The van der Waals surface area contributed by atoms with Crippen LogP contribution < -0.4 is 11.2 Å². The van der Waals surface area contributed by atoms with Crippen molar-refractivity contribution in [2.24, 2.45) is 0 Å². The first kappa shape index (κ1) is 20.7. The van der Waals surface area contributed by atoms with Gasteiger partial charge in [0.25, 0.3) is 5.56 Å². The van der Waals surface area contributed by atoms with Crippen LogP contribution in [0.15, 0.2) is 75.1 Å². The zero-order valence-corrected chi connectivity index (χ0v) is 17.1. The Hall–Kier alpha value is -4.21. The van der Waals surface area contributed by atoms with Gasteiger partial charge in [0.1, 0.15) is 17.3 Å². The number of hydrogen-bond donors (Lipinski definition) is 0. The zero-order chi connectivity index (χ0) is 23.3. The summed E-state index contributed by atoms with van der Waals surface area (Å²) in [6.07, 6.45) is -1.96. The van der Waals surface area contributed by atoms with E-state index >= 15 is 0 Å². The normalized spacial score (nSPS) is 12.0. The number of aryl methyl sites for hydroxylation is 1. The molecule has 0 bridgehead atoms. The quantitative estimate of drug-likeness (QED) is 0.386. The molecule has 0 spiro atoms. The molecule has 3 heterocycles. The summed E-state index contributed by atoms with van der Waals surface area (Å²) in [7, 11) is 0. The largest absolute Gasteiger partial charge is 0.423 e. The summed E-state index contributed by atoms with van der Waals surface area (Å²) in [6, 6.07) is 11.4. The maximum absolute atomic E-state index is 13.1. The molecule has 166 valence electrons. The highest BCUT2D eigenvalue weighted by Gasteiger charge is 2.30. The molecule has 0 atom stereocenters. The van der Waals surface area contributed by atoms with Crippen LogP contribution in [0.4, 0.5) is 13.2 Å². The summed E-state index contributed by atoms with van der Waals surface area (Å²) in [5.41, 5.74) is 0.364. The average Bonchev–Trinajstić information content (AvgIpc) is 3.19. The number of rotatable bonds is 3. The Morgan fingerprint density at radius 1 is 1.03 bits per heavy atom. The smallest absolute Gasteiger partial charge is 0.416 e. The van der Waals surface area contributed by atoms with E-state index in [1.165, 1.54) is 40.0 Å². The third kappa shape index (κ3) is 3.69. The molecular weight excluding hydrogens is 437 g/mol. The molecule has 0 saturated heterocycles. The Kier molecular flexibility index (Phi) is 4.66. The average molecular weight is 452 g/mol. The highest BCUT2D eigenvalue weighted by atomic mass is 19.4. The summed E-state index contributed by atoms with van der Waals surface area (Å²) in [6.45, 7) is 1.93. The van der Waals surface area contributed by atoms with Gasteiger partial charge in [-0.1, -0.05) is 18.2 Å². The molecule has 3 aromatic heterocycles. The molecule has 0 aliphatic carbocycles. The van der Waals surface area contributed by atoms with Crippen LogP contribution in [-0.2, 0) is 12.7 Å². The second-order valence-corrected chi connectivity index (χ2v) is 7.61. The van der Waals surface area contributed by atoms with E-state index < -0.39 is 22.9 Å². The van der Waals surface area contributed by atoms with Crippen molar-refractivity contribution in [3.63, 3.8) is 0 Å². The van der Waals surface area contributed by atoms with Gasteiger partial charge in [-0.25, -0.2) is 14.5 Å². The Balaban J connectivity index is 1.59. The Morgan fingerprint density at radius 3 is 2.64 bits per heavy atom. The van der Waals surface area contributed by atoms with Crippen molar-refractivity contribution >= 4 is 22.0 Å². The van der Waals surface area contributed by atoms with Crippen LogP contribution in [-0.4, -0.2) is 19.3 Å². The number of fused-ring (bicyclic) bond motifs is 2. The van der Waals surface area contributed by atoms with Gasteiger partial charge < -0.3 is 4.42 Å². The van der Waals surface area contributed by atoms with Crippen LogP contribution in [0.5, 0.6) is 0 Å². The van der Waals surface area contributed by atoms with Gasteiger partial charge in [0.15, 0.2) is 5.65 Å². The van der Waals surface area contributed by atoms with Crippen molar-refractivity contribution in [2.75, 3.05) is 0 Å². The molecule has 0 unspecified atom stereocenters. The first-order valence-electron chi connectivity index (χ1n) is 9.85. The number of benzene rings is 2. The van der Waals surface area contributed by atoms with Crippen LogP contribution >= 0.6 is 0 Å². The van der Waals surface area contributed by atoms with Crippen LogP contribution in [0, 0.1) is 6.92 Å². The Morgan fingerprint density at radius 2 is 1.85 bits per heavy atom. The number of hydrogen-bond acceptors (Lipinski definition) is 5. The van der Waals surface area contributed by atoms with Gasteiger partial charge in [0.05, 0.1) is 24.0 Å². The fourth-order valence-electron chi connectivity index (χ4n) is 3.72. The Bertz CT molecular complexity index is 1650. The summed E-state index contributed by atoms with van der Waals surface area (Å²) in [5, 5.41) is 4.90. The minimum absolute atomic E-state index is 0.0572. The lowest BCUT2D eigenvalue weighted by Crippen LogP contribution is -2.21. The molecule has 10 heteroatoms. The highest BCUT2D eigenvalue weighted by Crippen LogP contribution is 2.30. The third-order valence-corrected chi connectivity index (χ3v) is 5.30. The van der Waals surface area contributed by atoms with E-state index in [0.717, 1.165) is 17.7 Å². The SMILES string of the molecule is Cc1ccc2c(Cn3cnc4c(cnn4-c4cccc(C(F)(F)F)c4)c3=O)cc(=O)oc2c1. The van der Waals surface area contributed by atoms with Crippen LogP contribution in [0.1, 0.15) is 16.7 Å². The van der Waals surface area contributed by atoms with Gasteiger partial charge >= 0.3 is 11.8 Å². The van der Waals surface area contributed by atoms with E-state index in [4.69, 9.17) is 4.42 Å². The van der Waals surface area contributed by atoms with Crippen LogP contribution in [0.3, 0.4) is 0 Å². The summed E-state index contributed by atoms with van der Waals surface area (Å²) in [5.74, 6) is 0. The first-order chi connectivity index (χ1) is 15.7. The molecule has 0 fully saturated rings. The topological polar surface area (TPSA) is 82.9 Å². The molecule has 0 aliphatic rings. The molecule has 5 aromatic rings. The van der Waals surface area contributed by atoms with Crippen molar-refractivity contribution in [3.05, 3.63) is 98.5 Å². The van der Waals surface area contributed by atoms with Gasteiger partial charge in [-0.15, -0.1) is 0 Å². The van der Waals surface area contributed by atoms with Gasteiger partial charge in [0.2, 0.25) is 0 Å². The van der Waals surface area contributed by atoms with E-state index in [2.05, 4.69) is 10.1 Å². The van der Waals surface area contributed by atoms with Crippen molar-refractivity contribution in [3.8, 4) is 5.69 Å². The molecule has 0 N–H and O–H groups in total. The maximum atomic E-state index is 13.1. The lowest BCUT2D eigenvalue weighted by molar-refractivity contribution is -0.137. The van der Waals surface area contributed by atoms with Gasteiger partial charge in [-0.3, -0.25) is 9.36 Å². The Labute approximate surface area is 183 Å². The molecule has 7 nitrogen and oxygen atoms in total. The molecule has 5 rings (SSSR count). The third-order valence-electron chi connectivity index (χ3n) is 5.30. The summed E-state index contributed by atoms with van der Waals surface area (Å²) < 4.78 is 47.0. The van der Waals surface area contributed by atoms with Crippen molar-refractivity contribution in [1.29, 1.82) is 0 Å². The van der Waals surface area contributed by atoms with Crippen molar-refractivity contribution in [2.45, 2.75) is 19.6 Å². The molecule has 33 heavy (non-hydrogen) atoms. The molecule has 0 amide bonds. The first-order valence-corrected chi connectivity index (χ1v) is 9.85.